The second kappa shape index (κ2) is 9.19. The normalized spacial score (nSPS) is 11.6. The number of hydrogen-bond donors (Lipinski definition) is 0. The molecule has 0 aliphatic carbocycles. The number of hydrogen-bond acceptors (Lipinski definition) is 6. The van der Waals surface area contributed by atoms with Gasteiger partial charge in [-0.1, -0.05) is 43.7 Å². The first kappa shape index (κ1) is 21.4. The molecule has 0 saturated carbocycles. The van der Waals surface area contributed by atoms with Crippen LogP contribution in [0, 0.1) is 5.82 Å². The Morgan fingerprint density at radius 1 is 1.06 bits per heavy atom. The quantitative estimate of drug-likeness (QED) is 0.229. The van der Waals surface area contributed by atoms with Crippen LogP contribution in [0.3, 0.4) is 0 Å². The summed E-state index contributed by atoms with van der Waals surface area (Å²) >= 11 is 1.44. The first-order valence-corrected chi connectivity index (χ1v) is 11.8. The summed E-state index contributed by atoms with van der Waals surface area (Å²) in [4.78, 5) is 17.5. The predicted octanol–water partition coefficient (Wildman–Crippen LogP) is 5.32. The second-order valence-corrected chi connectivity index (χ2v) is 8.66. The van der Waals surface area contributed by atoms with Crippen molar-refractivity contribution < 1.29 is 8.81 Å². The summed E-state index contributed by atoms with van der Waals surface area (Å²) in [6.45, 7) is 2.74. The van der Waals surface area contributed by atoms with Crippen molar-refractivity contribution in [2.45, 2.75) is 43.6 Å². The fraction of sp³-hybridized carbons (Fsp3) is 0.250. The largest absolute Gasteiger partial charge is 0.440 e. The second-order valence-electron chi connectivity index (χ2n) is 7.71. The number of halogens is 1. The van der Waals surface area contributed by atoms with E-state index < -0.39 is 0 Å². The molecule has 3 heterocycles. The molecule has 0 fully saturated rings. The van der Waals surface area contributed by atoms with Crippen molar-refractivity contribution >= 4 is 28.4 Å². The fourth-order valence-corrected chi connectivity index (χ4v) is 4.59. The molecule has 168 valence electrons. The van der Waals surface area contributed by atoms with Crippen molar-refractivity contribution in [1.29, 1.82) is 0 Å². The van der Waals surface area contributed by atoms with Crippen molar-refractivity contribution in [2.75, 3.05) is 0 Å². The molecular formula is C24H22FN5O2S. The van der Waals surface area contributed by atoms with Gasteiger partial charge in [-0.3, -0.25) is 13.8 Å². The highest BCUT2D eigenvalue weighted by molar-refractivity contribution is 7.98. The van der Waals surface area contributed by atoms with E-state index in [0.717, 1.165) is 30.3 Å². The average Bonchev–Trinajstić information content (AvgIpc) is 3.48. The zero-order chi connectivity index (χ0) is 22.8. The van der Waals surface area contributed by atoms with Crippen molar-refractivity contribution in [1.82, 2.24) is 24.1 Å². The molecule has 2 aromatic carbocycles. The third-order valence-electron chi connectivity index (χ3n) is 5.47. The summed E-state index contributed by atoms with van der Waals surface area (Å²) in [5, 5.41) is 10.0. The summed E-state index contributed by atoms with van der Waals surface area (Å²) < 4.78 is 22.7. The molecule has 0 radical (unpaired) electrons. The summed E-state index contributed by atoms with van der Waals surface area (Å²) in [7, 11) is 0. The van der Waals surface area contributed by atoms with E-state index in [1.807, 2.05) is 28.7 Å². The van der Waals surface area contributed by atoms with Crippen LogP contribution in [0.4, 0.5) is 4.39 Å². The molecule has 0 atom stereocenters. The molecule has 9 heteroatoms. The minimum absolute atomic E-state index is 0.0465. The predicted molar refractivity (Wildman–Crippen MR) is 126 cm³/mol. The van der Waals surface area contributed by atoms with E-state index in [-0.39, 0.29) is 11.4 Å². The van der Waals surface area contributed by atoms with Crippen molar-refractivity contribution in [3.05, 3.63) is 76.8 Å². The number of fused-ring (bicyclic) bond motifs is 3. The van der Waals surface area contributed by atoms with E-state index >= 15 is 0 Å². The lowest BCUT2D eigenvalue weighted by molar-refractivity contribution is 0.529. The van der Waals surface area contributed by atoms with Crippen LogP contribution in [0.15, 0.2) is 69.1 Å². The maximum atomic E-state index is 13.2. The Hall–Kier alpha value is -3.46. The van der Waals surface area contributed by atoms with Crippen LogP contribution in [0.25, 0.3) is 28.0 Å². The molecule has 0 amide bonds. The van der Waals surface area contributed by atoms with Crippen molar-refractivity contribution in [3.8, 4) is 11.3 Å². The number of rotatable bonds is 8. The fourth-order valence-electron chi connectivity index (χ4n) is 3.80. The van der Waals surface area contributed by atoms with Gasteiger partial charge in [-0.25, -0.2) is 9.37 Å². The molecule has 0 N–H and O–H groups in total. The molecule has 0 aliphatic rings. The van der Waals surface area contributed by atoms with E-state index in [1.54, 1.807) is 22.9 Å². The molecule has 5 rings (SSSR count). The standard InChI is InChI=1S/C24H22FN5O2S/c1-2-3-6-13-29-22(31)18-7-4-5-8-19(18)30-23(29)27-28-24(30)33-15-21-26-14-20(32-21)16-9-11-17(25)12-10-16/h4-5,7-12,14H,2-3,6,13,15H2,1H3. The average molecular weight is 464 g/mol. The first-order chi connectivity index (χ1) is 16.2. The minimum atomic E-state index is -0.298. The third-order valence-corrected chi connectivity index (χ3v) is 6.38. The van der Waals surface area contributed by atoms with Crippen LogP contribution in [0.2, 0.25) is 0 Å². The van der Waals surface area contributed by atoms with Crippen LogP contribution in [-0.2, 0) is 12.3 Å². The number of aromatic nitrogens is 5. The lowest BCUT2D eigenvalue weighted by Crippen LogP contribution is -2.23. The Balaban J connectivity index is 1.47. The number of aryl methyl sites for hydroxylation is 1. The van der Waals surface area contributed by atoms with Crippen LogP contribution >= 0.6 is 11.8 Å². The molecule has 0 saturated heterocycles. The zero-order valence-electron chi connectivity index (χ0n) is 18.1. The lowest BCUT2D eigenvalue weighted by Gasteiger charge is -2.10. The topological polar surface area (TPSA) is 78.2 Å². The van der Waals surface area contributed by atoms with Gasteiger partial charge >= 0.3 is 0 Å². The summed E-state index contributed by atoms with van der Waals surface area (Å²) in [6, 6.07) is 13.6. The molecule has 5 aromatic rings. The molecule has 0 bridgehead atoms. The van der Waals surface area contributed by atoms with E-state index in [0.29, 0.717) is 40.3 Å². The van der Waals surface area contributed by atoms with Gasteiger partial charge in [-0.2, -0.15) is 0 Å². The van der Waals surface area contributed by atoms with Crippen molar-refractivity contribution in [3.63, 3.8) is 0 Å². The minimum Gasteiger partial charge on any atom is -0.440 e. The Morgan fingerprint density at radius 3 is 2.70 bits per heavy atom. The van der Waals surface area contributed by atoms with E-state index in [9.17, 15) is 9.18 Å². The SMILES string of the molecule is CCCCCn1c(=O)c2ccccc2n2c(SCc3ncc(-c4ccc(F)cc4)o3)nnc12. The Morgan fingerprint density at radius 2 is 1.88 bits per heavy atom. The number of thioether (sulfide) groups is 1. The van der Waals surface area contributed by atoms with Gasteiger partial charge in [-0.15, -0.1) is 10.2 Å². The number of benzene rings is 2. The molecule has 7 nitrogen and oxygen atoms in total. The molecule has 0 unspecified atom stereocenters. The van der Waals surface area contributed by atoms with E-state index in [2.05, 4.69) is 22.1 Å². The summed E-state index contributed by atoms with van der Waals surface area (Å²) in [5.41, 5.74) is 1.49. The highest BCUT2D eigenvalue weighted by Gasteiger charge is 2.17. The third kappa shape index (κ3) is 4.16. The smallest absolute Gasteiger partial charge is 0.262 e. The number of para-hydroxylation sites is 1. The van der Waals surface area contributed by atoms with Gasteiger partial charge in [0.15, 0.2) is 10.9 Å². The van der Waals surface area contributed by atoms with Gasteiger partial charge < -0.3 is 4.42 Å². The first-order valence-electron chi connectivity index (χ1n) is 10.9. The zero-order valence-corrected chi connectivity index (χ0v) is 18.9. The Bertz CT molecular complexity index is 1470. The van der Waals surface area contributed by atoms with Gasteiger partial charge in [0.25, 0.3) is 5.56 Å². The number of oxazole rings is 1. The van der Waals surface area contributed by atoms with E-state index in [1.165, 1.54) is 23.9 Å². The highest BCUT2D eigenvalue weighted by Crippen LogP contribution is 2.27. The molecular weight excluding hydrogens is 441 g/mol. The Labute approximate surface area is 193 Å². The van der Waals surface area contributed by atoms with Crippen LogP contribution < -0.4 is 5.56 Å². The number of unbranched alkanes of at least 4 members (excludes halogenated alkanes) is 2. The van der Waals surface area contributed by atoms with E-state index in [4.69, 9.17) is 4.42 Å². The maximum absolute atomic E-state index is 13.2. The van der Waals surface area contributed by atoms with Gasteiger partial charge in [0.1, 0.15) is 5.82 Å². The monoisotopic (exact) mass is 463 g/mol. The van der Waals surface area contributed by atoms with Crippen LogP contribution in [-0.4, -0.2) is 24.1 Å². The van der Waals surface area contributed by atoms with Gasteiger partial charge in [0.05, 0.1) is 22.9 Å². The molecule has 33 heavy (non-hydrogen) atoms. The van der Waals surface area contributed by atoms with Crippen LogP contribution in [0.5, 0.6) is 0 Å². The van der Waals surface area contributed by atoms with Gasteiger partial charge in [0, 0.05) is 12.1 Å². The van der Waals surface area contributed by atoms with Gasteiger partial charge in [-0.05, 0) is 42.8 Å². The van der Waals surface area contributed by atoms with Gasteiger partial charge in [0.2, 0.25) is 11.7 Å². The number of nitrogens with zero attached hydrogens (tertiary/aromatic N) is 5. The lowest BCUT2D eigenvalue weighted by atomic mass is 10.2. The summed E-state index contributed by atoms with van der Waals surface area (Å²) in [5.74, 6) is 1.78. The van der Waals surface area contributed by atoms with Crippen LogP contribution in [0.1, 0.15) is 32.1 Å². The molecule has 0 spiro atoms. The Kier molecular flexibility index (Phi) is 5.95. The van der Waals surface area contributed by atoms with Crippen molar-refractivity contribution in [2.24, 2.45) is 0 Å². The molecule has 3 aromatic heterocycles. The molecule has 0 aliphatic heterocycles. The summed E-state index contributed by atoms with van der Waals surface area (Å²) in [6.07, 6.45) is 4.65. The highest BCUT2D eigenvalue weighted by atomic mass is 32.2. The maximum Gasteiger partial charge on any atom is 0.262 e.